The van der Waals surface area contributed by atoms with Gasteiger partial charge < -0.3 is 10.2 Å². The number of nitrogens with one attached hydrogen (secondary N) is 1. The zero-order valence-corrected chi connectivity index (χ0v) is 19.3. The van der Waals surface area contributed by atoms with Crippen LogP contribution in [-0.2, 0) is 11.0 Å². The van der Waals surface area contributed by atoms with Gasteiger partial charge in [0.1, 0.15) is 5.82 Å². The molecule has 32 heavy (non-hydrogen) atoms. The maximum absolute atomic E-state index is 12.8. The smallest absolute Gasteiger partial charge is 0.353 e. The number of alkyl halides is 3. The van der Waals surface area contributed by atoms with Gasteiger partial charge in [-0.3, -0.25) is 9.69 Å². The van der Waals surface area contributed by atoms with Gasteiger partial charge in [0.05, 0.1) is 10.6 Å². The molecule has 4 rings (SSSR count). The van der Waals surface area contributed by atoms with Crippen LogP contribution in [-0.4, -0.2) is 54.6 Å². The quantitative estimate of drug-likeness (QED) is 0.657. The molecule has 1 aliphatic heterocycles. The molecule has 178 valence electrons. The molecular weight excluding hydrogens is 441 g/mol. The predicted molar refractivity (Wildman–Crippen MR) is 119 cm³/mol. The lowest BCUT2D eigenvalue weighted by Gasteiger charge is -2.36. The van der Waals surface area contributed by atoms with Crippen molar-refractivity contribution in [2.75, 3.05) is 37.6 Å². The Bertz CT molecular complexity index is 805. The second kappa shape index (κ2) is 9.75. The molecule has 1 aromatic heterocycles. The molecule has 1 unspecified atom stereocenters. The molecule has 2 heterocycles. The van der Waals surface area contributed by atoms with E-state index in [1.54, 1.807) is 0 Å². The lowest BCUT2D eigenvalue weighted by atomic mass is 9.84. The number of pyridine rings is 1. The molecule has 2 saturated carbocycles. The van der Waals surface area contributed by atoms with Gasteiger partial charge >= 0.3 is 6.18 Å². The summed E-state index contributed by atoms with van der Waals surface area (Å²) in [7, 11) is 0. The first-order valence-electron chi connectivity index (χ1n) is 11.7. The van der Waals surface area contributed by atoms with Gasteiger partial charge in [-0.1, -0.05) is 24.9 Å². The molecule has 1 saturated heterocycles. The number of nitrogens with zero attached hydrogens (tertiary/aromatic N) is 3. The minimum absolute atomic E-state index is 0.0279. The fourth-order valence-corrected chi connectivity index (χ4v) is 5.37. The van der Waals surface area contributed by atoms with Gasteiger partial charge in [0, 0.05) is 50.9 Å². The van der Waals surface area contributed by atoms with E-state index < -0.39 is 11.7 Å². The molecule has 0 aromatic carbocycles. The SMILES string of the molecule is CCC1CCC(NC(=O)[C@H]2CC2CN2CCN(c3ncc(C(F)(F)F)cc3Cl)CC2)CC1. The van der Waals surface area contributed by atoms with E-state index in [4.69, 9.17) is 11.6 Å². The van der Waals surface area contributed by atoms with Gasteiger partial charge in [-0.25, -0.2) is 4.98 Å². The van der Waals surface area contributed by atoms with Crippen molar-refractivity contribution in [3.05, 3.63) is 22.8 Å². The number of amides is 1. The van der Waals surface area contributed by atoms with Crippen molar-refractivity contribution in [2.24, 2.45) is 17.8 Å². The fourth-order valence-electron chi connectivity index (χ4n) is 5.09. The summed E-state index contributed by atoms with van der Waals surface area (Å²) in [5, 5.41) is 3.30. The van der Waals surface area contributed by atoms with Crippen molar-refractivity contribution in [3.63, 3.8) is 0 Å². The number of rotatable bonds is 6. The topological polar surface area (TPSA) is 48.5 Å². The third-order valence-corrected chi connectivity index (χ3v) is 7.62. The van der Waals surface area contributed by atoms with Crippen LogP contribution in [0.5, 0.6) is 0 Å². The Kier molecular flexibility index (Phi) is 7.20. The number of aromatic nitrogens is 1. The summed E-state index contributed by atoms with van der Waals surface area (Å²) in [6.07, 6.45) is 3.22. The van der Waals surface area contributed by atoms with E-state index in [0.717, 1.165) is 57.1 Å². The summed E-state index contributed by atoms with van der Waals surface area (Å²) in [4.78, 5) is 20.8. The van der Waals surface area contributed by atoms with Gasteiger partial charge in [0.15, 0.2) is 0 Å². The average Bonchev–Trinajstić information content (AvgIpc) is 3.53. The first kappa shape index (κ1) is 23.6. The molecule has 1 amide bonds. The van der Waals surface area contributed by atoms with Crippen molar-refractivity contribution in [3.8, 4) is 0 Å². The summed E-state index contributed by atoms with van der Waals surface area (Å²) in [6.45, 7) is 6.01. The van der Waals surface area contributed by atoms with Crippen molar-refractivity contribution in [1.82, 2.24) is 15.2 Å². The molecular formula is C23H32ClF3N4O. The molecule has 1 aromatic rings. The maximum atomic E-state index is 12.8. The summed E-state index contributed by atoms with van der Waals surface area (Å²) in [5.74, 6) is 1.97. The summed E-state index contributed by atoms with van der Waals surface area (Å²) < 4.78 is 38.5. The third kappa shape index (κ3) is 5.68. The van der Waals surface area contributed by atoms with Crippen molar-refractivity contribution < 1.29 is 18.0 Å². The number of anilines is 1. The largest absolute Gasteiger partial charge is 0.417 e. The van der Waals surface area contributed by atoms with Crippen molar-refractivity contribution >= 4 is 23.3 Å². The van der Waals surface area contributed by atoms with Crippen molar-refractivity contribution in [2.45, 2.75) is 57.7 Å². The molecule has 2 aliphatic carbocycles. The zero-order valence-electron chi connectivity index (χ0n) is 18.5. The molecule has 3 fully saturated rings. The first-order valence-corrected chi connectivity index (χ1v) is 12.1. The van der Waals surface area contributed by atoms with Crippen LogP contribution < -0.4 is 10.2 Å². The van der Waals surface area contributed by atoms with E-state index >= 15 is 0 Å². The van der Waals surface area contributed by atoms with Crippen LogP contribution in [0.3, 0.4) is 0 Å². The van der Waals surface area contributed by atoms with Gasteiger partial charge in [-0.2, -0.15) is 13.2 Å². The first-order chi connectivity index (χ1) is 15.2. The summed E-state index contributed by atoms with van der Waals surface area (Å²) in [5.41, 5.74) is -0.832. The Labute approximate surface area is 192 Å². The highest BCUT2D eigenvalue weighted by Crippen LogP contribution is 2.40. The van der Waals surface area contributed by atoms with Gasteiger partial charge in [-0.15, -0.1) is 0 Å². The third-order valence-electron chi connectivity index (χ3n) is 7.34. The highest BCUT2D eigenvalue weighted by molar-refractivity contribution is 6.33. The van der Waals surface area contributed by atoms with Gasteiger partial charge in [0.25, 0.3) is 0 Å². The summed E-state index contributed by atoms with van der Waals surface area (Å²) in [6, 6.07) is 1.29. The van der Waals surface area contributed by atoms with Gasteiger partial charge in [0.2, 0.25) is 5.91 Å². The molecule has 0 radical (unpaired) electrons. The van der Waals surface area contributed by atoms with Crippen molar-refractivity contribution in [1.29, 1.82) is 0 Å². The molecule has 2 atom stereocenters. The molecule has 1 N–H and O–H groups in total. The normalized spacial score (nSPS) is 29.1. The van der Waals surface area contributed by atoms with Crippen LogP contribution in [0, 0.1) is 17.8 Å². The van der Waals surface area contributed by atoms with E-state index in [-0.39, 0.29) is 16.8 Å². The number of hydrogen-bond acceptors (Lipinski definition) is 4. The highest BCUT2D eigenvalue weighted by atomic mass is 35.5. The maximum Gasteiger partial charge on any atom is 0.417 e. The average molecular weight is 473 g/mol. The van der Waals surface area contributed by atoms with Crippen LogP contribution >= 0.6 is 11.6 Å². The molecule has 3 aliphatic rings. The standard InChI is InChI=1S/C23H32ClF3N4O/c1-2-15-3-5-18(6-4-15)29-22(32)19-11-16(19)14-30-7-9-31(10-8-30)21-20(24)12-17(13-28-21)23(25,26)27/h12-13,15-16,18-19H,2-11,14H2,1H3,(H,29,32)/t15?,16?,18?,19-/m0/s1. The summed E-state index contributed by atoms with van der Waals surface area (Å²) >= 11 is 6.09. The highest BCUT2D eigenvalue weighted by Gasteiger charge is 2.44. The molecule has 5 nitrogen and oxygen atoms in total. The van der Waals surface area contributed by atoms with Crippen LogP contribution in [0.1, 0.15) is 51.0 Å². The molecule has 0 bridgehead atoms. The zero-order chi connectivity index (χ0) is 22.9. The Morgan fingerprint density at radius 2 is 1.88 bits per heavy atom. The van der Waals surface area contributed by atoms with E-state index in [1.165, 1.54) is 19.3 Å². The van der Waals surface area contributed by atoms with E-state index in [9.17, 15) is 18.0 Å². The Morgan fingerprint density at radius 3 is 2.47 bits per heavy atom. The number of piperazine rings is 1. The number of carbonyl (C=O) groups is 1. The monoisotopic (exact) mass is 472 g/mol. The minimum atomic E-state index is -4.45. The van der Waals surface area contributed by atoms with Gasteiger partial charge in [-0.05, 0) is 50.0 Å². The lowest BCUT2D eigenvalue weighted by Crippen LogP contribution is -2.47. The molecule has 0 spiro atoms. The minimum Gasteiger partial charge on any atom is -0.353 e. The Morgan fingerprint density at radius 1 is 1.19 bits per heavy atom. The van der Waals surface area contributed by atoms with Crippen LogP contribution in [0.15, 0.2) is 12.3 Å². The second-order valence-electron chi connectivity index (χ2n) is 9.55. The number of halogens is 4. The number of carbonyl (C=O) groups excluding carboxylic acids is 1. The van der Waals surface area contributed by atoms with E-state index in [2.05, 4.69) is 22.1 Å². The fraction of sp³-hybridized carbons (Fsp3) is 0.739. The predicted octanol–water partition coefficient (Wildman–Crippen LogP) is 4.60. The van der Waals surface area contributed by atoms with Crippen LogP contribution in [0.25, 0.3) is 0 Å². The number of hydrogen-bond donors (Lipinski definition) is 1. The molecule has 9 heteroatoms. The lowest BCUT2D eigenvalue weighted by molar-refractivity contribution is -0.137. The van der Waals surface area contributed by atoms with Crippen LogP contribution in [0.2, 0.25) is 5.02 Å². The Balaban J connectivity index is 1.20. The Hall–Kier alpha value is -1.54. The van der Waals surface area contributed by atoms with Crippen LogP contribution in [0.4, 0.5) is 19.0 Å². The van der Waals surface area contributed by atoms with E-state index in [0.29, 0.717) is 30.9 Å². The van der Waals surface area contributed by atoms with E-state index in [1.807, 2.05) is 4.90 Å². The second-order valence-corrected chi connectivity index (χ2v) is 9.96.